The normalized spacial score (nSPS) is 13.7. The molecule has 0 fully saturated rings. The van der Waals surface area contributed by atoms with E-state index in [0.29, 0.717) is 6.42 Å². The summed E-state index contributed by atoms with van der Waals surface area (Å²) in [5.41, 5.74) is 0. The van der Waals surface area contributed by atoms with Crippen LogP contribution in [0.15, 0.2) is 0 Å². The Morgan fingerprint density at radius 2 is 1.87 bits per heavy atom. The van der Waals surface area contributed by atoms with Crippen LogP contribution in [0.3, 0.4) is 0 Å². The molecule has 1 unspecified atom stereocenters. The van der Waals surface area contributed by atoms with Gasteiger partial charge in [0.15, 0.2) is 0 Å². The van der Waals surface area contributed by atoms with Gasteiger partial charge in [-0.2, -0.15) is 13.2 Å². The molecule has 0 heterocycles. The molecule has 5 heteroatoms. The zero-order valence-corrected chi connectivity index (χ0v) is 9.06. The van der Waals surface area contributed by atoms with Gasteiger partial charge in [0.05, 0.1) is 6.10 Å². The quantitative estimate of drug-likeness (QED) is 0.512. The molecule has 0 aromatic rings. The SMILES string of the molecule is CCCCCCC(C)OC(=O)C(F)(F)F. The van der Waals surface area contributed by atoms with Crippen LogP contribution in [0.5, 0.6) is 0 Å². The lowest BCUT2D eigenvalue weighted by molar-refractivity contribution is -0.204. The van der Waals surface area contributed by atoms with E-state index in [-0.39, 0.29) is 0 Å². The van der Waals surface area contributed by atoms with Gasteiger partial charge in [-0.3, -0.25) is 0 Å². The Balaban J connectivity index is 3.65. The zero-order chi connectivity index (χ0) is 11.9. The number of hydrogen-bond acceptors (Lipinski definition) is 2. The summed E-state index contributed by atoms with van der Waals surface area (Å²) in [6, 6.07) is 0. The molecular weight excluding hydrogens is 209 g/mol. The Labute approximate surface area is 87.8 Å². The van der Waals surface area contributed by atoms with Crippen LogP contribution in [0.4, 0.5) is 13.2 Å². The molecule has 0 aromatic carbocycles. The molecule has 0 saturated heterocycles. The Kier molecular flexibility index (Phi) is 6.36. The van der Waals surface area contributed by atoms with Gasteiger partial charge in [-0.05, 0) is 19.8 Å². The third-order valence-electron chi connectivity index (χ3n) is 2.00. The molecule has 0 bridgehead atoms. The minimum Gasteiger partial charge on any atom is -0.456 e. The highest BCUT2D eigenvalue weighted by atomic mass is 19.4. The first kappa shape index (κ1) is 14.3. The minimum atomic E-state index is -4.88. The first-order chi connectivity index (χ1) is 6.88. The van der Waals surface area contributed by atoms with E-state index in [1.807, 2.05) is 6.92 Å². The molecule has 0 N–H and O–H groups in total. The van der Waals surface area contributed by atoms with Crippen LogP contribution in [0, 0.1) is 0 Å². The first-order valence-corrected chi connectivity index (χ1v) is 5.15. The van der Waals surface area contributed by atoms with Crippen LogP contribution in [-0.2, 0) is 9.53 Å². The smallest absolute Gasteiger partial charge is 0.456 e. The van der Waals surface area contributed by atoms with Gasteiger partial charge in [0.1, 0.15) is 0 Å². The van der Waals surface area contributed by atoms with E-state index >= 15 is 0 Å². The third kappa shape index (κ3) is 7.22. The van der Waals surface area contributed by atoms with Gasteiger partial charge in [0.25, 0.3) is 0 Å². The average Bonchev–Trinajstić information content (AvgIpc) is 2.11. The van der Waals surface area contributed by atoms with E-state index in [0.717, 1.165) is 25.7 Å². The predicted molar refractivity (Wildman–Crippen MR) is 50.4 cm³/mol. The Bertz CT molecular complexity index is 190. The van der Waals surface area contributed by atoms with Crippen molar-refractivity contribution in [2.45, 2.75) is 58.2 Å². The molecule has 0 radical (unpaired) electrons. The van der Waals surface area contributed by atoms with Crippen molar-refractivity contribution in [1.29, 1.82) is 0 Å². The second-order valence-electron chi connectivity index (χ2n) is 3.56. The van der Waals surface area contributed by atoms with E-state index in [1.54, 1.807) is 0 Å². The van der Waals surface area contributed by atoms with E-state index in [9.17, 15) is 18.0 Å². The van der Waals surface area contributed by atoms with Gasteiger partial charge in [-0.15, -0.1) is 0 Å². The second kappa shape index (κ2) is 6.69. The number of unbranched alkanes of at least 4 members (excludes halogenated alkanes) is 3. The molecular formula is C10H17F3O2. The monoisotopic (exact) mass is 226 g/mol. The highest BCUT2D eigenvalue weighted by Gasteiger charge is 2.41. The molecule has 0 amide bonds. The lowest BCUT2D eigenvalue weighted by Crippen LogP contribution is -2.28. The second-order valence-corrected chi connectivity index (χ2v) is 3.56. The van der Waals surface area contributed by atoms with E-state index in [1.165, 1.54) is 6.92 Å². The molecule has 0 aliphatic rings. The number of carbonyl (C=O) groups excluding carboxylic acids is 1. The maximum atomic E-state index is 11.8. The van der Waals surface area contributed by atoms with Crippen molar-refractivity contribution in [2.75, 3.05) is 0 Å². The Morgan fingerprint density at radius 3 is 2.33 bits per heavy atom. The Morgan fingerprint density at radius 1 is 1.27 bits per heavy atom. The van der Waals surface area contributed by atoms with E-state index in [4.69, 9.17) is 0 Å². The third-order valence-corrected chi connectivity index (χ3v) is 2.00. The summed E-state index contributed by atoms with van der Waals surface area (Å²) >= 11 is 0. The van der Waals surface area contributed by atoms with E-state index < -0.39 is 18.2 Å². The van der Waals surface area contributed by atoms with Crippen LogP contribution >= 0.6 is 0 Å². The molecule has 0 saturated carbocycles. The van der Waals surface area contributed by atoms with Crippen LogP contribution in [-0.4, -0.2) is 18.2 Å². The molecule has 1 atom stereocenters. The summed E-state index contributed by atoms with van der Waals surface area (Å²) in [4.78, 5) is 10.4. The summed E-state index contributed by atoms with van der Waals surface area (Å²) in [6.45, 7) is 3.53. The predicted octanol–water partition coefficient (Wildman–Crippen LogP) is 3.45. The Hall–Kier alpha value is -0.740. The van der Waals surface area contributed by atoms with Crippen molar-refractivity contribution in [3.8, 4) is 0 Å². The summed E-state index contributed by atoms with van der Waals surface area (Å²) in [6.07, 6.45) is -1.17. The topological polar surface area (TPSA) is 26.3 Å². The fourth-order valence-electron chi connectivity index (χ4n) is 1.17. The van der Waals surface area contributed by atoms with Crippen LogP contribution < -0.4 is 0 Å². The molecule has 0 aromatic heterocycles. The maximum absolute atomic E-state index is 11.8. The van der Waals surface area contributed by atoms with Crippen molar-refractivity contribution >= 4 is 5.97 Å². The summed E-state index contributed by atoms with van der Waals surface area (Å²) in [7, 11) is 0. The van der Waals surface area contributed by atoms with Crippen molar-refractivity contribution in [3.63, 3.8) is 0 Å². The number of esters is 1. The minimum absolute atomic E-state index is 0.488. The number of alkyl halides is 3. The van der Waals surface area contributed by atoms with Crippen molar-refractivity contribution < 1.29 is 22.7 Å². The van der Waals surface area contributed by atoms with Gasteiger partial charge in [0.2, 0.25) is 0 Å². The van der Waals surface area contributed by atoms with Crippen LogP contribution in [0.2, 0.25) is 0 Å². The first-order valence-electron chi connectivity index (χ1n) is 5.15. The van der Waals surface area contributed by atoms with Crippen LogP contribution in [0.1, 0.15) is 46.0 Å². The van der Waals surface area contributed by atoms with Gasteiger partial charge in [-0.1, -0.05) is 26.2 Å². The van der Waals surface area contributed by atoms with Gasteiger partial charge >= 0.3 is 12.1 Å². The molecule has 90 valence electrons. The summed E-state index contributed by atoms with van der Waals surface area (Å²) in [5, 5.41) is 0. The van der Waals surface area contributed by atoms with Gasteiger partial charge in [-0.25, -0.2) is 4.79 Å². The molecule has 0 aliphatic heterocycles. The van der Waals surface area contributed by atoms with Crippen molar-refractivity contribution in [3.05, 3.63) is 0 Å². The number of halogens is 3. The highest BCUT2D eigenvalue weighted by Crippen LogP contribution is 2.18. The lowest BCUT2D eigenvalue weighted by Gasteiger charge is -2.14. The largest absolute Gasteiger partial charge is 0.490 e. The zero-order valence-electron chi connectivity index (χ0n) is 9.06. The number of rotatable bonds is 6. The lowest BCUT2D eigenvalue weighted by atomic mass is 10.1. The van der Waals surface area contributed by atoms with Gasteiger partial charge in [0, 0.05) is 0 Å². The molecule has 0 aliphatic carbocycles. The van der Waals surface area contributed by atoms with E-state index in [2.05, 4.69) is 4.74 Å². The standard InChI is InChI=1S/C10H17F3O2/c1-3-4-5-6-7-8(2)15-9(14)10(11,12)13/h8H,3-7H2,1-2H3. The molecule has 15 heavy (non-hydrogen) atoms. The summed E-state index contributed by atoms with van der Waals surface area (Å²) in [5.74, 6) is -2.09. The average molecular weight is 226 g/mol. The summed E-state index contributed by atoms with van der Waals surface area (Å²) < 4.78 is 39.6. The van der Waals surface area contributed by atoms with Crippen molar-refractivity contribution in [2.24, 2.45) is 0 Å². The fraction of sp³-hybridized carbons (Fsp3) is 0.900. The van der Waals surface area contributed by atoms with Gasteiger partial charge < -0.3 is 4.74 Å². The molecule has 0 spiro atoms. The maximum Gasteiger partial charge on any atom is 0.490 e. The van der Waals surface area contributed by atoms with Crippen molar-refractivity contribution in [1.82, 2.24) is 0 Å². The fourth-order valence-corrected chi connectivity index (χ4v) is 1.17. The number of ether oxygens (including phenoxy) is 1. The number of carbonyl (C=O) groups is 1. The van der Waals surface area contributed by atoms with Crippen LogP contribution in [0.25, 0.3) is 0 Å². The molecule has 2 nitrogen and oxygen atoms in total. The molecule has 0 rings (SSSR count). The number of hydrogen-bond donors (Lipinski definition) is 0. The highest BCUT2D eigenvalue weighted by molar-refractivity contribution is 5.75.